The molecule has 0 spiro atoms. The van der Waals surface area contributed by atoms with Gasteiger partial charge in [0.05, 0.1) is 18.2 Å². The number of rotatable bonds is 4. The molecule has 2 rings (SSSR count). The quantitative estimate of drug-likeness (QED) is 0.787. The molecular weight excluding hydrogens is 217 g/mol. The van der Waals surface area contributed by atoms with E-state index in [9.17, 15) is 4.39 Å². The number of ether oxygens (including phenoxy) is 1. The molecule has 2 aromatic rings. The monoisotopic (exact) mass is 235 g/mol. The topological polar surface area (TPSA) is 14.2 Å². The van der Waals surface area contributed by atoms with E-state index in [4.69, 9.17) is 4.74 Å². The molecule has 17 heavy (non-hydrogen) atoms. The van der Waals surface area contributed by atoms with Crippen LogP contribution in [0.2, 0.25) is 0 Å². The van der Waals surface area contributed by atoms with Gasteiger partial charge in [-0.25, -0.2) is 4.39 Å². The summed E-state index contributed by atoms with van der Waals surface area (Å²) < 4.78 is 20.9. The summed E-state index contributed by atoms with van der Waals surface area (Å²) in [4.78, 5) is 0. The van der Waals surface area contributed by atoms with Crippen molar-refractivity contribution in [3.05, 3.63) is 35.8 Å². The maximum atomic E-state index is 13.2. The second kappa shape index (κ2) is 4.88. The van der Waals surface area contributed by atoms with Gasteiger partial charge < -0.3 is 9.30 Å². The van der Waals surface area contributed by atoms with Crippen molar-refractivity contribution in [2.45, 2.75) is 40.0 Å². The van der Waals surface area contributed by atoms with Crippen LogP contribution in [0.5, 0.6) is 0 Å². The first-order chi connectivity index (χ1) is 8.11. The van der Waals surface area contributed by atoms with Crippen molar-refractivity contribution in [1.82, 2.24) is 4.57 Å². The summed E-state index contributed by atoms with van der Waals surface area (Å²) in [6, 6.07) is 4.91. The third-order valence-corrected chi connectivity index (χ3v) is 2.84. The lowest BCUT2D eigenvalue weighted by Gasteiger charge is -2.05. The van der Waals surface area contributed by atoms with Crippen LogP contribution in [0.1, 0.15) is 26.3 Å². The second-order valence-electron chi connectivity index (χ2n) is 4.46. The Morgan fingerprint density at radius 3 is 2.76 bits per heavy atom. The van der Waals surface area contributed by atoms with Crippen LogP contribution in [0, 0.1) is 5.82 Å². The van der Waals surface area contributed by atoms with Crippen molar-refractivity contribution in [1.29, 1.82) is 0 Å². The van der Waals surface area contributed by atoms with Gasteiger partial charge in [-0.3, -0.25) is 0 Å². The van der Waals surface area contributed by atoms with E-state index < -0.39 is 0 Å². The fraction of sp³-hybridized carbons (Fsp3) is 0.429. The van der Waals surface area contributed by atoms with Crippen molar-refractivity contribution in [3.8, 4) is 0 Å². The lowest BCUT2D eigenvalue weighted by Crippen LogP contribution is -2.01. The van der Waals surface area contributed by atoms with Crippen molar-refractivity contribution in [2.75, 3.05) is 0 Å². The first-order valence-electron chi connectivity index (χ1n) is 6.00. The summed E-state index contributed by atoms with van der Waals surface area (Å²) in [5, 5.41) is 1.08. The van der Waals surface area contributed by atoms with Crippen LogP contribution in [0.15, 0.2) is 24.4 Å². The van der Waals surface area contributed by atoms with Gasteiger partial charge in [0, 0.05) is 23.7 Å². The molecule has 0 aliphatic heterocycles. The Hall–Kier alpha value is -1.35. The van der Waals surface area contributed by atoms with Crippen LogP contribution >= 0.6 is 0 Å². The largest absolute Gasteiger partial charge is 0.374 e. The summed E-state index contributed by atoms with van der Waals surface area (Å²) in [6.07, 6.45) is 2.25. The van der Waals surface area contributed by atoms with E-state index in [0.717, 1.165) is 23.0 Å². The molecule has 1 heterocycles. The smallest absolute Gasteiger partial charge is 0.125 e. The predicted octanol–water partition coefficient (Wildman–Crippen LogP) is 3.73. The first-order valence-corrected chi connectivity index (χ1v) is 6.00. The Bertz CT molecular complexity index is 516. The van der Waals surface area contributed by atoms with Crippen LogP contribution in [0.25, 0.3) is 10.9 Å². The van der Waals surface area contributed by atoms with Crippen molar-refractivity contribution in [2.24, 2.45) is 0 Å². The Kier molecular flexibility index (Phi) is 3.48. The average molecular weight is 235 g/mol. The fourth-order valence-corrected chi connectivity index (χ4v) is 1.97. The van der Waals surface area contributed by atoms with E-state index in [-0.39, 0.29) is 11.9 Å². The van der Waals surface area contributed by atoms with E-state index in [2.05, 4.69) is 11.5 Å². The number of aromatic nitrogens is 1. The Labute approximate surface area is 101 Å². The van der Waals surface area contributed by atoms with Crippen LogP contribution in [-0.4, -0.2) is 10.7 Å². The maximum Gasteiger partial charge on any atom is 0.125 e. The molecule has 0 bridgehead atoms. The van der Waals surface area contributed by atoms with Crippen LogP contribution in [0.3, 0.4) is 0 Å². The van der Waals surface area contributed by atoms with E-state index in [1.165, 1.54) is 6.07 Å². The second-order valence-corrected chi connectivity index (χ2v) is 4.46. The highest BCUT2D eigenvalue weighted by Crippen LogP contribution is 2.23. The zero-order chi connectivity index (χ0) is 12.4. The van der Waals surface area contributed by atoms with Crippen LogP contribution in [-0.2, 0) is 17.9 Å². The fourth-order valence-electron chi connectivity index (χ4n) is 1.97. The Balaban J connectivity index is 2.42. The van der Waals surface area contributed by atoms with Gasteiger partial charge in [0.15, 0.2) is 0 Å². The minimum atomic E-state index is -0.193. The zero-order valence-electron chi connectivity index (χ0n) is 10.5. The predicted molar refractivity (Wildman–Crippen MR) is 67.5 cm³/mol. The van der Waals surface area contributed by atoms with Crippen molar-refractivity contribution >= 4 is 10.9 Å². The summed E-state index contributed by atoms with van der Waals surface area (Å²) >= 11 is 0. The summed E-state index contributed by atoms with van der Waals surface area (Å²) in [7, 11) is 0. The zero-order valence-corrected chi connectivity index (χ0v) is 10.5. The van der Waals surface area contributed by atoms with Gasteiger partial charge >= 0.3 is 0 Å². The molecule has 0 radical (unpaired) electrons. The van der Waals surface area contributed by atoms with E-state index >= 15 is 0 Å². The standard InChI is InChI=1S/C14H18FNO/c1-4-16-8-11(9-17-10(2)3)13-6-5-12(15)7-14(13)16/h5-8,10H,4,9H2,1-3H3. The minimum Gasteiger partial charge on any atom is -0.374 e. The molecule has 0 saturated heterocycles. The maximum absolute atomic E-state index is 13.2. The third kappa shape index (κ3) is 2.50. The number of hydrogen-bond acceptors (Lipinski definition) is 1. The lowest BCUT2D eigenvalue weighted by molar-refractivity contribution is 0.0663. The van der Waals surface area contributed by atoms with Gasteiger partial charge in [-0.05, 0) is 39.0 Å². The average Bonchev–Trinajstić information content (AvgIpc) is 2.63. The van der Waals surface area contributed by atoms with Crippen LogP contribution in [0.4, 0.5) is 4.39 Å². The van der Waals surface area contributed by atoms with Crippen molar-refractivity contribution < 1.29 is 9.13 Å². The number of fused-ring (bicyclic) bond motifs is 1. The summed E-state index contributed by atoms with van der Waals surface area (Å²) in [5.41, 5.74) is 2.06. The van der Waals surface area contributed by atoms with Gasteiger partial charge in [-0.2, -0.15) is 0 Å². The molecule has 1 aromatic heterocycles. The van der Waals surface area contributed by atoms with Crippen molar-refractivity contribution in [3.63, 3.8) is 0 Å². The first kappa shape index (κ1) is 12.1. The number of aryl methyl sites for hydroxylation is 1. The van der Waals surface area contributed by atoms with Gasteiger partial charge in [0.2, 0.25) is 0 Å². The molecule has 0 aliphatic carbocycles. The highest BCUT2D eigenvalue weighted by Gasteiger charge is 2.09. The number of benzene rings is 1. The van der Waals surface area contributed by atoms with E-state index in [1.54, 1.807) is 6.07 Å². The molecule has 0 unspecified atom stereocenters. The van der Waals surface area contributed by atoms with Crippen LogP contribution < -0.4 is 0 Å². The third-order valence-electron chi connectivity index (χ3n) is 2.84. The molecule has 0 amide bonds. The SMILES string of the molecule is CCn1cc(COC(C)C)c2ccc(F)cc21. The normalized spacial score (nSPS) is 11.6. The van der Waals surface area contributed by atoms with Gasteiger partial charge in [0.25, 0.3) is 0 Å². The number of hydrogen-bond donors (Lipinski definition) is 0. The number of nitrogens with zero attached hydrogens (tertiary/aromatic N) is 1. The highest BCUT2D eigenvalue weighted by atomic mass is 19.1. The molecule has 0 atom stereocenters. The molecular formula is C14H18FNO. The molecule has 0 aliphatic rings. The lowest BCUT2D eigenvalue weighted by atomic mass is 10.2. The van der Waals surface area contributed by atoms with Gasteiger partial charge in [-0.15, -0.1) is 0 Å². The minimum absolute atomic E-state index is 0.193. The summed E-state index contributed by atoms with van der Waals surface area (Å²) in [6.45, 7) is 7.49. The molecule has 0 N–H and O–H groups in total. The molecule has 0 fully saturated rings. The van der Waals surface area contributed by atoms with E-state index in [0.29, 0.717) is 6.61 Å². The highest BCUT2D eigenvalue weighted by molar-refractivity contribution is 5.84. The molecule has 2 nitrogen and oxygen atoms in total. The Morgan fingerprint density at radius 2 is 2.12 bits per heavy atom. The molecule has 0 saturated carbocycles. The number of halogens is 1. The Morgan fingerprint density at radius 1 is 1.35 bits per heavy atom. The molecule has 92 valence electrons. The summed E-state index contributed by atoms with van der Waals surface area (Å²) in [5.74, 6) is -0.193. The molecule has 1 aromatic carbocycles. The van der Waals surface area contributed by atoms with E-state index in [1.807, 2.05) is 26.1 Å². The van der Waals surface area contributed by atoms with Gasteiger partial charge in [0.1, 0.15) is 5.82 Å². The molecule has 3 heteroatoms. The van der Waals surface area contributed by atoms with Gasteiger partial charge in [-0.1, -0.05) is 0 Å².